The summed E-state index contributed by atoms with van der Waals surface area (Å²) in [6.07, 6.45) is -3.88. The number of nitrogen functional groups attached to an aromatic ring is 1. The highest BCUT2D eigenvalue weighted by molar-refractivity contribution is 5.96. The number of halogens is 4. The molecule has 3 aromatic heterocycles. The molecular formula is C24H22F4N6O3. The summed E-state index contributed by atoms with van der Waals surface area (Å²) in [4.78, 5) is 20.7. The molecule has 0 fully saturated rings. The molecule has 0 aliphatic rings. The van der Waals surface area contributed by atoms with Gasteiger partial charge in [0.15, 0.2) is 5.82 Å². The van der Waals surface area contributed by atoms with E-state index in [1.54, 1.807) is 0 Å². The molecule has 2 atom stereocenters. The minimum atomic E-state index is -4.74. The van der Waals surface area contributed by atoms with Gasteiger partial charge in [-0.25, -0.2) is 13.9 Å². The van der Waals surface area contributed by atoms with Crippen molar-refractivity contribution in [1.29, 1.82) is 0 Å². The molecule has 0 aliphatic heterocycles. The Hall–Kier alpha value is -4.10. The van der Waals surface area contributed by atoms with Crippen LogP contribution in [0.5, 0.6) is 0 Å². The molecule has 4 aromatic rings. The quantitative estimate of drug-likeness (QED) is 0.288. The Morgan fingerprint density at radius 1 is 1.19 bits per heavy atom. The molecule has 9 nitrogen and oxygen atoms in total. The molecule has 0 bridgehead atoms. The smallest absolute Gasteiger partial charge is 0.385 e. The van der Waals surface area contributed by atoms with Gasteiger partial charge in [-0.1, -0.05) is 12.1 Å². The number of aryl methyl sites for hydroxylation is 1. The van der Waals surface area contributed by atoms with Gasteiger partial charge < -0.3 is 21.3 Å². The number of aliphatic hydroxyl groups excluding tert-OH is 1. The van der Waals surface area contributed by atoms with Crippen LogP contribution in [0.3, 0.4) is 0 Å². The van der Waals surface area contributed by atoms with Crippen LogP contribution in [0.25, 0.3) is 16.8 Å². The molecule has 37 heavy (non-hydrogen) atoms. The molecule has 4 rings (SSSR count). The van der Waals surface area contributed by atoms with Crippen LogP contribution in [0.1, 0.15) is 40.2 Å². The number of aromatic nitrogens is 4. The molecule has 0 spiro atoms. The number of fused-ring (bicyclic) bond motifs is 1. The van der Waals surface area contributed by atoms with Crippen molar-refractivity contribution < 1.29 is 32.6 Å². The van der Waals surface area contributed by atoms with E-state index in [0.717, 1.165) is 29.0 Å². The van der Waals surface area contributed by atoms with E-state index >= 15 is 0 Å². The van der Waals surface area contributed by atoms with Gasteiger partial charge in [0, 0.05) is 18.3 Å². The summed E-state index contributed by atoms with van der Waals surface area (Å²) >= 11 is 0. The van der Waals surface area contributed by atoms with Crippen molar-refractivity contribution in [3.8, 4) is 11.3 Å². The second-order valence-corrected chi connectivity index (χ2v) is 8.70. The number of rotatable bonds is 6. The Labute approximate surface area is 207 Å². The van der Waals surface area contributed by atoms with E-state index < -0.39 is 47.2 Å². The van der Waals surface area contributed by atoms with Gasteiger partial charge in [0.25, 0.3) is 5.91 Å². The topological polar surface area (TPSA) is 139 Å². The molecular weight excluding hydrogens is 496 g/mol. The predicted octanol–water partition coefficient (Wildman–Crippen LogP) is 3.05. The van der Waals surface area contributed by atoms with Crippen LogP contribution in [0.2, 0.25) is 0 Å². The second-order valence-electron chi connectivity index (χ2n) is 8.70. The maximum absolute atomic E-state index is 13.7. The first kappa shape index (κ1) is 26.0. The molecule has 0 aliphatic carbocycles. The fraction of sp³-hybridized carbons (Fsp3) is 0.250. The summed E-state index contributed by atoms with van der Waals surface area (Å²) in [6, 6.07) is 7.05. The minimum Gasteiger partial charge on any atom is -0.385 e. The standard InChI is InChI=1S/C24H22F4N6O3/c1-12-16(22(36)31-10-23(2,37)20(35)13-3-5-15(25)6-4-13)7-14(9-30-12)18-8-17(24(26,27)28)19-21(29)32-11-33-34(18)19/h3-9,11,20,35,37H,10H2,1-2H3,(H,31,36)(H2,29,32,33). The first-order chi connectivity index (χ1) is 17.3. The number of nitrogens with one attached hydrogen (secondary N) is 1. The molecule has 1 aromatic carbocycles. The number of nitrogens with zero attached hydrogens (tertiary/aromatic N) is 4. The molecule has 5 N–H and O–H groups in total. The van der Waals surface area contributed by atoms with Gasteiger partial charge in [0.1, 0.15) is 29.4 Å². The van der Waals surface area contributed by atoms with Gasteiger partial charge in [-0.15, -0.1) is 0 Å². The lowest BCUT2D eigenvalue weighted by Crippen LogP contribution is -2.45. The molecule has 2 unspecified atom stereocenters. The van der Waals surface area contributed by atoms with Crippen LogP contribution in [-0.2, 0) is 6.18 Å². The first-order valence-corrected chi connectivity index (χ1v) is 10.9. The van der Waals surface area contributed by atoms with Crippen molar-refractivity contribution in [3.05, 3.63) is 77.1 Å². The van der Waals surface area contributed by atoms with Crippen LogP contribution in [-0.4, -0.2) is 47.8 Å². The molecule has 0 radical (unpaired) electrons. The Bertz CT molecular complexity index is 1470. The van der Waals surface area contributed by atoms with E-state index in [1.807, 2.05) is 0 Å². The van der Waals surface area contributed by atoms with Crippen LogP contribution >= 0.6 is 0 Å². The van der Waals surface area contributed by atoms with Gasteiger partial charge >= 0.3 is 6.18 Å². The highest BCUT2D eigenvalue weighted by Crippen LogP contribution is 2.38. The van der Waals surface area contributed by atoms with Crippen molar-refractivity contribution in [2.45, 2.75) is 31.7 Å². The molecule has 13 heteroatoms. The Kier molecular flexibility index (Phi) is 6.60. The summed E-state index contributed by atoms with van der Waals surface area (Å²) in [5.74, 6) is -1.57. The lowest BCUT2D eigenvalue weighted by atomic mass is 9.92. The van der Waals surface area contributed by atoms with E-state index in [2.05, 4.69) is 20.4 Å². The maximum atomic E-state index is 13.7. The third-order valence-electron chi connectivity index (χ3n) is 5.90. The summed E-state index contributed by atoms with van der Waals surface area (Å²) in [7, 11) is 0. The average Bonchev–Trinajstić information content (AvgIpc) is 3.25. The number of hydrogen-bond donors (Lipinski definition) is 4. The summed E-state index contributed by atoms with van der Waals surface area (Å²) in [6.45, 7) is 2.42. The lowest BCUT2D eigenvalue weighted by Gasteiger charge is -2.29. The van der Waals surface area contributed by atoms with E-state index in [0.29, 0.717) is 0 Å². The fourth-order valence-corrected chi connectivity index (χ4v) is 3.85. The Morgan fingerprint density at radius 3 is 2.51 bits per heavy atom. The minimum absolute atomic E-state index is 0.0169. The summed E-state index contributed by atoms with van der Waals surface area (Å²) < 4.78 is 55.1. The highest BCUT2D eigenvalue weighted by atomic mass is 19.4. The fourth-order valence-electron chi connectivity index (χ4n) is 3.85. The Morgan fingerprint density at radius 2 is 1.86 bits per heavy atom. The number of carbonyl (C=O) groups excluding carboxylic acids is 1. The van der Waals surface area contributed by atoms with Gasteiger partial charge in [-0.2, -0.15) is 18.3 Å². The van der Waals surface area contributed by atoms with Crippen molar-refractivity contribution in [2.75, 3.05) is 12.3 Å². The number of aliphatic hydroxyl groups is 2. The van der Waals surface area contributed by atoms with Gasteiger partial charge in [-0.3, -0.25) is 9.78 Å². The third-order valence-corrected chi connectivity index (χ3v) is 5.90. The van der Waals surface area contributed by atoms with Crippen molar-refractivity contribution in [1.82, 2.24) is 24.9 Å². The number of hydrogen-bond acceptors (Lipinski definition) is 7. The molecule has 3 heterocycles. The van der Waals surface area contributed by atoms with Crippen LogP contribution in [0, 0.1) is 12.7 Å². The molecule has 194 valence electrons. The van der Waals surface area contributed by atoms with Crippen molar-refractivity contribution in [3.63, 3.8) is 0 Å². The van der Waals surface area contributed by atoms with Gasteiger partial charge in [0.2, 0.25) is 0 Å². The number of nitrogens with two attached hydrogens (primary N) is 1. The van der Waals surface area contributed by atoms with Crippen LogP contribution < -0.4 is 11.1 Å². The summed E-state index contributed by atoms with van der Waals surface area (Å²) in [5.41, 5.74) is 3.05. The number of alkyl halides is 3. The largest absolute Gasteiger partial charge is 0.418 e. The zero-order chi connectivity index (χ0) is 27.1. The van der Waals surface area contributed by atoms with Crippen LogP contribution in [0.15, 0.2) is 48.9 Å². The zero-order valence-corrected chi connectivity index (χ0v) is 19.6. The van der Waals surface area contributed by atoms with Gasteiger partial charge in [0.05, 0.1) is 22.5 Å². The predicted molar refractivity (Wildman–Crippen MR) is 125 cm³/mol. The molecule has 0 saturated carbocycles. The third kappa shape index (κ3) is 5.08. The van der Waals surface area contributed by atoms with E-state index in [-0.39, 0.29) is 33.9 Å². The van der Waals surface area contributed by atoms with Crippen molar-refractivity contribution in [2.24, 2.45) is 0 Å². The average molecular weight is 518 g/mol. The van der Waals surface area contributed by atoms with Gasteiger partial charge in [-0.05, 0) is 43.7 Å². The lowest BCUT2D eigenvalue weighted by molar-refractivity contribution is -0.136. The zero-order valence-electron chi connectivity index (χ0n) is 19.6. The number of benzene rings is 1. The van der Waals surface area contributed by atoms with E-state index in [1.165, 1.54) is 38.2 Å². The SMILES string of the molecule is Cc1ncc(-c2cc(C(F)(F)F)c3c(N)ncnn23)cc1C(=O)NCC(C)(O)C(O)c1ccc(F)cc1. The first-order valence-electron chi connectivity index (χ1n) is 10.9. The Balaban J connectivity index is 1.63. The highest BCUT2D eigenvalue weighted by Gasteiger charge is 2.37. The molecule has 0 saturated heterocycles. The number of anilines is 1. The summed E-state index contributed by atoms with van der Waals surface area (Å²) in [5, 5.41) is 27.6. The second kappa shape index (κ2) is 9.41. The van der Waals surface area contributed by atoms with E-state index in [4.69, 9.17) is 5.73 Å². The van der Waals surface area contributed by atoms with Crippen molar-refractivity contribution >= 4 is 17.2 Å². The number of amides is 1. The maximum Gasteiger partial charge on any atom is 0.418 e. The number of pyridine rings is 1. The van der Waals surface area contributed by atoms with Crippen LogP contribution in [0.4, 0.5) is 23.4 Å². The monoisotopic (exact) mass is 518 g/mol. The normalized spacial score (nSPS) is 14.4. The molecule has 1 amide bonds. The van der Waals surface area contributed by atoms with E-state index in [9.17, 15) is 32.6 Å². The number of carbonyl (C=O) groups is 1.